The van der Waals surface area contributed by atoms with Crippen molar-refractivity contribution in [3.63, 3.8) is 0 Å². The molecule has 7 aromatic carbocycles. The van der Waals surface area contributed by atoms with Crippen molar-refractivity contribution in [2.75, 3.05) is 0 Å². The first-order chi connectivity index (χ1) is 30.3. The van der Waals surface area contributed by atoms with E-state index in [0.717, 1.165) is 23.2 Å². The Bertz CT molecular complexity index is 2880. The van der Waals surface area contributed by atoms with E-state index in [0.29, 0.717) is 0 Å². The molecule has 63 heavy (non-hydrogen) atoms. The molecule has 0 bridgehead atoms. The van der Waals surface area contributed by atoms with Crippen molar-refractivity contribution in [2.45, 2.75) is 110 Å². The third kappa shape index (κ3) is 8.56. The second-order valence-corrected chi connectivity index (χ2v) is 20.6. The van der Waals surface area contributed by atoms with E-state index in [1.54, 1.807) is 0 Å². The van der Waals surface area contributed by atoms with Gasteiger partial charge in [-0.2, -0.15) is 0 Å². The molecule has 1 aliphatic carbocycles. The van der Waals surface area contributed by atoms with Crippen LogP contribution in [0.2, 0.25) is 0 Å². The summed E-state index contributed by atoms with van der Waals surface area (Å²) in [4.78, 5) is 5.44. The van der Waals surface area contributed by atoms with Crippen LogP contribution in [0.3, 0.4) is 0 Å². The van der Waals surface area contributed by atoms with Gasteiger partial charge in [0.2, 0.25) is 0 Å². The molecular weight excluding hydrogens is 759 g/mol. The average Bonchev–Trinajstić information content (AvgIpc) is 3.51. The van der Waals surface area contributed by atoms with Crippen LogP contribution in [0.5, 0.6) is 0 Å². The van der Waals surface area contributed by atoms with Crippen LogP contribution < -0.4 is 0 Å². The van der Waals surface area contributed by atoms with Gasteiger partial charge in [0.25, 0.3) is 0 Å². The van der Waals surface area contributed by atoms with E-state index >= 15 is 0 Å². The number of benzene rings is 7. The SMILES string of the molecule is CC(C)(C)c1cc(-c2cccc(CCCCCCc3ccccc3)c2)cc(C(C)(C)C)c1-c1ccc2nc(-c3ccc4c(c3)C(C)(C)c3ccccc3-4)cc(-c3ccccc3)c2c1. The fraction of sp³-hybridized carbons (Fsp3) is 0.274. The minimum atomic E-state index is -0.0942. The summed E-state index contributed by atoms with van der Waals surface area (Å²) in [5.74, 6) is 0. The number of unbranched alkanes of at least 4 members (excludes halogenated alkanes) is 3. The van der Waals surface area contributed by atoms with Gasteiger partial charge in [0, 0.05) is 16.4 Å². The zero-order valence-corrected chi connectivity index (χ0v) is 38.8. The molecule has 8 aromatic rings. The fourth-order valence-electron chi connectivity index (χ4n) is 10.1. The normalized spacial score (nSPS) is 13.3. The highest BCUT2D eigenvalue weighted by atomic mass is 14.7. The maximum Gasteiger partial charge on any atom is 0.0716 e. The van der Waals surface area contributed by atoms with Crippen molar-refractivity contribution in [1.29, 1.82) is 0 Å². The van der Waals surface area contributed by atoms with Crippen LogP contribution in [0.25, 0.3) is 66.7 Å². The summed E-state index contributed by atoms with van der Waals surface area (Å²) in [6.07, 6.45) is 7.32. The summed E-state index contributed by atoms with van der Waals surface area (Å²) in [6.45, 7) is 18.9. The highest BCUT2D eigenvalue weighted by molar-refractivity contribution is 6.00. The molecule has 0 spiro atoms. The molecule has 9 rings (SSSR count). The second kappa shape index (κ2) is 16.9. The van der Waals surface area contributed by atoms with Crippen molar-refractivity contribution < 1.29 is 0 Å². The first kappa shape index (κ1) is 42.3. The molecule has 0 N–H and O–H groups in total. The molecule has 0 radical (unpaired) electrons. The average molecular weight is 822 g/mol. The highest BCUT2D eigenvalue weighted by Gasteiger charge is 2.35. The van der Waals surface area contributed by atoms with E-state index in [9.17, 15) is 0 Å². The first-order valence-electron chi connectivity index (χ1n) is 23.3. The van der Waals surface area contributed by atoms with Crippen LogP contribution in [0.15, 0.2) is 164 Å². The lowest BCUT2D eigenvalue weighted by Gasteiger charge is -2.32. The van der Waals surface area contributed by atoms with Crippen LogP contribution >= 0.6 is 0 Å². The molecule has 1 heterocycles. The number of hydrogen-bond donors (Lipinski definition) is 0. The van der Waals surface area contributed by atoms with Gasteiger partial charge in [-0.25, -0.2) is 4.98 Å². The standard InChI is InChI=1S/C62H63N/c1-60(2,3)55-39-48(45-29-21-26-43(36-45)25-14-10-9-13-22-42-23-15-11-16-24-42)40-56(61(4,5)6)59(55)47-33-35-57-52(37-47)51(44-27-17-12-18-28-44)41-58(63-57)46-32-34-50-49-30-19-20-31-53(49)62(7,8)54(50)38-46/h11-12,15-21,23-24,26-41H,9-10,13-14,22,25H2,1-8H3. The Hall–Kier alpha value is -6.05. The number of hydrogen-bond acceptors (Lipinski definition) is 1. The van der Waals surface area contributed by atoms with Crippen LogP contribution in [-0.4, -0.2) is 4.98 Å². The summed E-state index contributed by atoms with van der Waals surface area (Å²) < 4.78 is 0. The topological polar surface area (TPSA) is 12.9 Å². The summed E-state index contributed by atoms with van der Waals surface area (Å²) in [5, 5.41) is 1.17. The quantitative estimate of drug-likeness (QED) is 0.118. The van der Waals surface area contributed by atoms with Gasteiger partial charge < -0.3 is 0 Å². The lowest BCUT2D eigenvalue weighted by molar-refractivity contribution is 0.572. The number of nitrogens with zero attached hydrogens (tertiary/aromatic N) is 1. The van der Waals surface area contributed by atoms with Gasteiger partial charge in [-0.05, 0) is 151 Å². The second-order valence-electron chi connectivity index (χ2n) is 20.6. The highest BCUT2D eigenvalue weighted by Crippen LogP contribution is 2.50. The van der Waals surface area contributed by atoms with Gasteiger partial charge in [-0.15, -0.1) is 0 Å². The van der Waals surface area contributed by atoms with Crippen LogP contribution in [0, 0.1) is 0 Å². The molecule has 0 saturated heterocycles. The maximum absolute atomic E-state index is 5.44. The Morgan fingerprint density at radius 2 is 1.00 bits per heavy atom. The molecule has 1 heteroatoms. The summed E-state index contributed by atoms with van der Waals surface area (Å²) in [7, 11) is 0. The van der Waals surface area contributed by atoms with Crippen LogP contribution in [0.4, 0.5) is 0 Å². The molecule has 0 aliphatic heterocycles. The summed E-state index contributed by atoms with van der Waals surface area (Å²) in [6, 6.07) is 61.3. The lowest BCUT2D eigenvalue weighted by atomic mass is 9.72. The minimum absolute atomic E-state index is 0.0768. The molecule has 1 aromatic heterocycles. The number of fused-ring (bicyclic) bond motifs is 4. The minimum Gasteiger partial charge on any atom is -0.248 e. The van der Waals surface area contributed by atoms with Crippen LogP contribution in [-0.2, 0) is 29.1 Å². The summed E-state index contributed by atoms with van der Waals surface area (Å²) in [5.41, 5.74) is 21.6. The fourth-order valence-corrected chi connectivity index (χ4v) is 10.1. The first-order valence-corrected chi connectivity index (χ1v) is 23.3. The Kier molecular flexibility index (Phi) is 11.3. The summed E-state index contributed by atoms with van der Waals surface area (Å²) >= 11 is 0. The van der Waals surface area contributed by atoms with Crippen molar-refractivity contribution in [3.8, 4) is 55.8 Å². The van der Waals surface area contributed by atoms with Gasteiger partial charge in [0.1, 0.15) is 0 Å². The monoisotopic (exact) mass is 821 g/mol. The smallest absolute Gasteiger partial charge is 0.0716 e. The van der Waals surface area contributed by atoms with E-state index in [2.05, 4.69) is 219 Å². The molecule has 316 valence electrons. The molecule has 0 saturated carbocycles. The van der Waals surface area contributed by atoms with Gasteiger partial charge in [-0.1, -0.05) is 196 Å². The zero-order valence-electron chi connectivity index (χ0n) is 38.8. The molecule has 1 nitrogen and oxygen atoms in total. The van der Waals surface area contributed by atoms with Crippen molar-refractivity contribution in [2.24, 2.45) is 0 Å². The van der Waals surface area contributed by atoms with Crippen molar-refractivity contribution in [1.82, 2.24) is 4.98 Å². The Labute approximate surface area is 377 Å². The van der Waals surface area contributed by atoms with Crippen molar-refractivity contribution in [3.05, 3.63) is 197 Å². The predicted octanol–water partition coefficient (Wildman–Crippen LogP) is 17.1. The number of rotatable bonds is 11. The third-order valence-electron chi connectivity index (χ3n) is 13.6. The Morgan fingerprint density at radius 3 is 1.70 bits per heavy atom. The van der Waals surface area contributed by atoms with E-state index < -0.39 is 0 Å². The molecular formula is C62H63N. The molecule has 0 amide bonds. The van der Waals surface area contributed by atoms with E-state index in [1.807, 2.05) is 0 Å². The third-order valence-corrected chi connectivity index (χ3v) is 13.6. The predicted molar refractivity (Wildman–Crippen MR) is 271 cm³/mol. The van der Waals surface area contributed by atoms with E-state index in [4.69, 9.17) is 4.98 Å². The number of aromatic nitrogens is 1. The van der Waals surface area contributed by atoms with E-state index in [1.165, 1.54) is 115 Å². The molecule has 0 unspecified atom stereocenters. The molecule has 0 fully saturated rings. The Balaban J connectivity index is 1.09. The zero-order chi connectivity index (χ0) is 43.9. The molecule has 1 aliphatic rings. The Morgan fingerprint density at radius 1 is 0.413 bits per heavy atom. The van der Waals surface area contributed by atoms with Gasteiger partial charge in [0.05, 0.1) is 11.2 Å². The number of pyridine rings is 1. The largest absolute Gasteiger partial charge is 0.248 e. The van der Waals surface area contributed by atoms with Crippen LogP contribution in [0.1, 0.15) is 114 Å². The molecule has 0 atom stereocenters. The van der Waals surface area contributed by atoms with Gasteiger partial charge in [0.15, 0.2) is 0 Å². The lowest BCUT2D eigenvalue weighted by Crippen LogP contribution is -2.19. The number of aryl methyl sites for hydroxylation is 2. The van der Waals surface area contributed by atoms with Gasteiger partial charge >= 0.3 is 0 Å². The van der Waals surface area contributed by atoms with Gasteiger partial charge in [-0.3, -0.25) is 0 Å². The maximum atomic E-state index is 5.44. The van der Waals surface area contributed by atoms with Crippen molar-refractivity contribution >= 4 is 10.9 Å². The van der Waals surface area contributed by atoms with E-state index in [-0.39, 0.29) is 16.2 Å².